The van der Waals surface area contributed by atoms with Gasteiger partial charge in [0.25, 0.3) is 0 Å². The highest BCUT2D eigenvalue weighted by atomic mass is 31.2. The molecule has 5 aromatic rings. The number of benzene rings is 4. The van der Waals surface area contributed by atoms with Crippen LogP contribution in [0.1, 0.15) is 19.3 Å². The standard InChI is InChI=1S/C31H30FNP/c32-30-21-13-14-26-22-24-33(31(26)30)23-11-4-12-25-34(27-15-5-1-6-16-27,28-17-7-2-8-18-28)29-19-9-3-10-20-29/h1-3,5-10,13-22,24H,4,11-12,23,25H2/q+1. The number of aromatic nitrogens is 1. The summed E-state index contributed by atoms with van der Waals surface area (Å²) in [5, 5.41) is 5.28. The van der Waals surface area contributed by atoms with E-state index in [-0.39, 0.29) is 5.82 Å². The van der Waals surface area contributed by atoms with E-state index in [1.165, 1.54) is 15.9 Å². The number of nitrogens with zero attached hydrogens (tertiary/aromatic N) is 1. The first-order valence-electron chi connectivity index (χ1n) is 12.1. The van der Waals surface area contributed by atoms with Crippen molar-refractivity contribution < 1.29 is 4.39 Å². The highest BCUT2D eigenvalue weighted by Crippen LogP contribution is 2.55. The SMILES string of the molecule is Fc1cccc2ccn(CCCCC[P+](c3ccccc3)(c3ccccc3)c3ccccc3)c12. The maximum Gasteiger partial charge on any atom is 0.147 e. The van der Waals surface area contributed by atoms with E-state index in [0.29, 0.717) is 0 Å². The number of para-hydroxylation sites is 1. The van der Waals surface area contributed by atoms with Gasteiger partial charge in [-0.05, 0) is 67.8 Å². The van der Waals surface area contributed by atoms with Gasteiger partial charge in [-0.25, -0.2) is 4.39 Å². The summed E-state index contributed by atoms with van der Waals surface area (Å²) in [4.78, 5) is 0. The van der Waals surface area contributed by atoms with E-state index in [2.05, 4.69) is 95.6 Å². The lowest BCUT2D eigenvalue weighted by molar-refractivity contribution is 0.593. The fraction of sp³-hybridized carbons (Fsp3) is 0.161. The lowest BCUT2D eigenvalue weighted by atomic mass is 10.2. The number of aryl methyl sites for hydroxylation is 1. The Labute approximate surface area is 202 Å². The Morgan fingerprint density at radius 1 is 0.559 bits per heavy atom. The van der Waals surface area contributed by atoms with Gasteiger partial charge in [0.15, 0.2) is 0 Å². The van der Waals surface area contributed by atoms with Crippen molar-refractivity contribution in [3.63, 3.8) is 0 Å². The smallest absolute Gasteiger partial charge is 0.147 e. The molecule has 34 heavy (non-hydrogen) atoms. The molecule has 1 nitrogen and oxygen atoms in total. The van der Waals surface area contributed by atoms with Gasteiger partial charge in [0.1, 0.15) is 29.0 Å². The number of hydrogen-bond acceptors (Lipinski definition) is 0. The first-order chi connectivity index (χ1) is 16.8. The first kappa shape index (κ1) is 22.6. The van der Waals surface area contributed by atoms with Gasteiger partial charge in [-0.15, -0.1) is 0 Å². The summed E-state index contributed by atoms with van der Waals surface area (Å²) in [5.74, 6) is -0.135. The molecule has 0 aliphatic heterocycles. The summed E-state index contributed by atoms with van der Waals surface area (Å²) in [6.45, 7) is 0.845. The minimum atomic E-state index is -1.77. The van der Waals surface area contributed by atoms with Crippen LogP contribution in [0.25, 0.3) is 10.9 Å². The molecule has 0 spiro atoms. The minimum absolute atomic E-state index is 0.135. The number of fused-ring (bicyclic) bond motifs is 1. The monoisotopic (exact) mass is 466 g/mol. The van der Waals surface area contributed by atoms with Crippen LogP contribution in [0.3, 0.4) is 0 Å². The highest BCUT2D eigenvalue weighted by Gasteiger charge is 2.44. The number of unbranched alkanes of at least 4 members (excludes halogenated alkanes) is 2. The molecule has 170 valence electrons. The van der Waals surface area contributed by atoms with Crippen LogP contribution in [0.15, 0.2) is 121 Å². The molecule has 0 amide bonds. The quantitative estimate of drug-likeness (QED) is 0.164. The molecule has 0 saturated heterocycles. The molecule has 0 bridgehead atoms. The van der Waals surface area contributed by atoms with Gasteiger partial charge >= 0.3 is 0 Å². The molecule has 0 saturated carbocycles. The molecular formula is C31H30FNP+. The number of hydrogen-bond donors (Lipinski definition) is 0. The van der Waals surface area contributed by atoms with Crippen molar-refractivity contribution in [1.82, 2.24) is 4.57 Å². The molecule has 0 aliphatic rings. The zero-order valence-electron chi connectivity index (χ0n) is 19.4. The van der Waals surface area contributed by atoms with E-state index in [9.17, 15) is 4.39 Å². The third-order valence-electron chi connectivity index (χ3n) is 6.72. The van der Waals surface area contributed by atoms with Crippen molar-refractivity contribution in [2.45, 2.75) is 25.8 Å². The van der Waals surface area contributed by atoms with Crippen molar-refractivity contribution in [3.8, 4) is 0 Å². The molecule has 0 N–H and O–H groups in total. The average Bonchev–Trinajstić information content (AvgIpc) is 3.32. The van der Waals surface area contributed by atoms with Crippen molar-refractivity contribution >= 4 is 34.1 Å². The maximum atomic E-state index is 14.4. The average molecular weight is 467 g/mol. The van der Waals surface area contributed by atoms with Crippen LogP contribution in [0.2, 0.25) is 0 Å². The van der Waals surface area contributed by atoms with Crippen LogP contribution in [0.4, 0.5) is 4.39 Å². The second kappa shape index (κ2) is 10.4. The zero-order chi connectivity index (χ0) is 23.2. The van der Waals surface area contributed by atoms with Crippen molar-refractivity contribution in [1.29, 1.82) is 0 Å². The fourth-order valence-electron chi connectivity index (χ4n) is 5.09. The lowest BCUT2D eigenvalue weighted by Crippen LogP contribution is -2.33. The second-order valence-corrected chi connectivity index (χ2v) is 12.4. The van der Waals surface area contributed by atoms with Crippen molar-refractivity contribution in [2.75, 3.05) is 6.16 Å². The van der Waals surface area contributed by atoms with E-state index in [4.69, 9.17) is 0 Å². The number of halogens is 1. The van der Waals surface area contributed by atoms with Crippen LogP contribution in [0, 0.1) is 5.82 Å². The van der Waals surface area contributed by atoms with E-state index in [1.54, 1.807) is 12.1 Å². The Kier molecular flexibility index (Phi) is 6.88. The lowest BCUT2D eigenvalue weighted by Gasteiger charge is -2.27. The Hall–Kier alpha value is -3.22. The summed E-state index contributed by atoms with van der Waals surface area (Å²) < 4.78 is 16.4. The summed E-state index contributed by atoms with van der Waals surface area (Å²) >= 11 is 0. The normalized spacial score (nSPS) is 11.7. The van der Waals surface area contributed by atoms with Gasteiger partial charge in [0.2, 0.25) is 0 Å². The van der Waals surface area contributed by atoms with Crippen LogP contribution in [-0.4, -0.2) is 10.7 Å². The summed E-state index contributed by atoms with van der Waals surface area (Å²) in [7, 11) is -1.77. The maximum absolute atomic E-state index is 14.4. The van der Waals surface area contributed by atoms with Crippen LogP contribution in [-0.2, 0) is 6.54 Å². The fourth-order valence-corrected chi connectivity index (χ4v) is 9.50. The topological polar surface area (TPSA) is 4.93 Å². The molecule has 3 heteroatoms. The summed E-state index contributed by atoms with van der Waals surface area (Å²) in [5.41, 5.74) is 0.724. The molecule has 0 fully saturated rings. The predicted octanol–water partition coefficient (Wildman–Crippen LogP) is 6.94. The zero-order valence-corrected chi connectivity index (χ0v) is 20.2. The van der Waals surface area contributed by atoms with Crippen molar-refractivity contribution in [2.24, 2.45) is 0 Å². The minimum Gasteiger partial charge on any atom is -0.345 e. The Morgan fingerprint density at radius 3 is 1.68 bits per heavy atom. The molecule has 0 unspecified atom stereocenters. The highest BCUT2D eigenvalue weighted by molar-refractivity contribution is 7.95. The van der Waals surface area contributed by atoms with Gasteiger partial charge in [-0.1, -0.05) is 66.7 Å². The largest absolute Gasteiger partial charge is 0.345 e. The van der Waals surface area contributed by atoms with Crippen LogP contribution < -0.4 is 15.9 Å². The predicted molar refractivity (Wildman–Crippen MR) is 146 cm³/mol. The van der Waals surface area contributed by atoms with Gasteiger partial charge in [-0.3, -0.25) is 0 Å². The summed E-state index contributed by atoms with van der Waals surface area (Å²) in [6, 6.07) is 40.5. The van der Waals surface area contributed by atoms with Crippen LogP contribution in [0.5, 0.6) is 0 Å². The molecular weight excluding hydrogens is 436 g/mol. The Balaban J connectivity index is 1.39. The molecule has 0 atom stereocenters. The third-order valence-corrected chi connectivity index (χ3v) is 11.2. The second-order valence-electron chi connectivity index (χ2n) is 8.79. The molecule has 0 aliphatic carbocycles. The Morgan fingerprint density at radius 2 is 1.12 bits per heavy atom. The number of rotatable bonds is 9. The molecule has 5 rings (SSSR count). The van der Waals surface area contributed by atoms with Crippen LogP contribution >= 0.6 is 7.26 Å². The third kappa shape index (κ3) is 4.43. The summed E-state index contributed by atoms with van der Waals surface area (Å²) in [6.07, 6.45) is 6.43. The van der Waals surface area contributed by atoms with Gasteiger partial charge in [0.05, 0.1) is 11.7 Å². The van der Waals surface area contributed by atoms with Gasteiger partial charge in [-0.2, -0.15) is 0 Å². The Bertz CT molecular complexity index is 1230. The molecule has 1 heterocycles. The van der Waals surface area contributed by atoms with E-state index in [0.717, 1.165) is 42.9 Å². The molecule has 0 radical (unpaired) electrons. The molecule has 1 aromatic heterocycles. The van der Waals surface area contributed by atoms with Crippen molar-refractivity contribution in [3.05, 3.63) is 127 Å². The van der Waals surface area contributed by atoms with Gasteiger partial charge in [0, 0.05) is 18.1 Å². The first-order valence-corrected chi connectivity index (χ1v) is 14.0. The van der Waals surface area contributed by atoms with E-state index >= 15 is 0 Å². The van der Waals surface area contributed by atoms with E-state index < -0.39 is 7.26 Å². The van der Waals surface area contributed by atoms with E-state index in [1.807, 2.05) is 18.3 Å². The molecule has 4 aromatic carbocycles. The van der Waals surface area contributed by atoms with Gasteiger partial charge < -0.3 is 4.57 Å².